The minimum absolute atomic E-state index is 0.114. The van der Waals surface area contributed by atoms with E-state index in [1.165, 1.54) is 4.90 Å². The van der Waals surface area contributed by atoms with Gasteiger partial charge in [0.25, 0.3) is 5.91 Å². The third-order valence-corrected chi connectivity index (χ3v) is 3.32. The molecular formula is C15H21N3O2. The SMILES string of the molecule is Cc1nc2cc(C(=O)N(C)CC(C)(C)O)ccc2n1C. The van der Waals surface area contributed by atoms with Crippen LogP contribution in [-0.4, -0.2) is 44.7 Å². The summed E-state index contributed by atoms with van der Waals surface area (Å²) in [4.78, 5) is 18.3. The summed E-state index contributed by atoms with van der Waals surface area (Å²) in [5.74, 6) is 0.798. The van der Waals surface area contributed by atoms with Gasteiger partial charge in [0.15, 0.2) is 0 Å². The van der Waals surface area contributed by atoms with Crippen molar-refractivity contribution < 1.29 is 9.90 Å². The summed E-state index contributed by atoms with van der Waals surface area (Å²) >= 11 is 0. The van der Waals surface area contributed by atoms with Gasteiger partial charge in [-0.05, 0) is 39.0 Å². The maximum atomic E-state index is 12.3. The smallest absolute Gasteiger partial charge is 0.253 e. The fourth-order valence-electron chi connectivity index (χ4n) is 2.33. The maximum Gasteiger partial charge on any atom is 0.253 e. The third kappa shape index (κ3) is 2.82. The number of fused-ring (bicyclic) bond motifs is 1. The molecule has 1 N–H and O–H groups in total. The number of nitrogens with zero attached hydrogens (tertiary/aromatic N) is 3. The van der Waals surface area contributed by atoms with E-state index >= 15 is 0 Å². The Labute approximate surface area is 118 Å². The normalized spacial score (nSPS) is 11.9. The predicted octanol–water partition coefficient (Wildman–Crippen LogP) is 1.72. The molecule has 1 aromatic carbocycles. The summed E-state index contributed by atoms with van der Waals surface area (Å²) in [6.45, 7) is 5.58. The second-order valence-corrected chi connectivity index (χ2v) is 5.90. The molecule has 1 amide bonds. The maximum absolute atomic E-state index is 12.3. The molecule has 0 aliphatic heterocycles. The number of hydrogen-bond acceptors (Lipinski definition) is 3. The average molecular weight is 275 g/mol. The first-order chi connectivity index (χ1) is 9.19. The molecule has 1 heterocycles. The molecule has 2 rings (SSSR count). The highest BCUT2D eigenvalue weighted by atomic mass is 16.3. The van der Waals surface area contributed by atoms with Crippen molar-refractivity contribution in [2.75, 3.05) is 13.6 Å². The Morgan fingerprint density at radius 1 is 1.45 bits per heavy atom. The summed E-state index contributed by atoms with van der Waals surface area (Å²) in [6.07, 6.45) is 0. The molecule has 20 heavy (non-hydrogen) atoms. The van der Waals surface area contributed by atoms with Crippen molar-refractivity contribution >= 4 is 16.9 Å². The highest BCUT2D eigenvalue weighted by Gasteiger charge is 2.20. The van der Waals surface area contributed by atoms with E-state index in [1.807, 2.05) is 24.6 Å². The van der Waals surface area contributed by atoms with Crippen LogP contribution < -0.4 is 0 Å². The molecule has 5 nitrogen and oxygen atoms in total. The van der Waals surface area contributed by atoms with E-state index in [9.17, 15) is 9.90 Å². The van der Waals surface area contributed by atoms with E-state index in [2.05, 4.69) is 4.98 Å². The molecule has 0 saturated carbocycles. The lowest BCUT2D eigenvalue weighted by Crippen LogP contribution is -2.39. The zero-order chi connectivity index (χ0) is 15.1. The number of amides is 1. The van der Waals surface area contributed by atoms with Gasteiger partial charge in [0.05, 0.1) is 16.6 Å². The second-order valence-electron chi connectivity index (χ2n) is 5.90. The minimum atomic E-state index is -0.907. The first kappa shape index (κ1) is 14.5. The van der Waals surface area contributed by atoms with E-state index in [4.69, 9.17) is 0 Å². The first-order valence-electron chi connectivity index (χ1n) is 6.60. The minimum Gasteiger partial charge on any atom is -0.389 e. The lowest BCUT2D eigenvalue weighted by Gasteiger charge is -2.25. The lowest BCUT2D eigenvalue weighted by molar-refractivity contribution is 0.0368. The van der Waals surface area contributed by atoms with E-state index in [0.717, 1.165) is 16.9 Å². The van der Waals surface area contributed by atoms with Crippen molar-refractivity contribution in [3.8, 4) is 0 Å². The molecule has 0 spiro atoms. The fraction of sp³-hybridized carbons (Fsp3) is 0.467. The molecular weight excluding hydrogens is 254 g/mol. The summed E-state index contributed by atoms with van der Waals surface area (Å²) < 4.78 is 1.99. The molecule has 0 atom stereocenters. The van der Waals surface area contributed by atoms with Gasteiger partial charge < -0.3 is 14.6 Å². The number of aromatic nitrogens is 2. The molecule has 0 saturated heterocycles. The fourth-order valence-corrected chi connectivity index (χ4v) is 2.33. The van der Waals surface area contributed by atoms with Gasteiger partial charge >= 0.3 is 0 Å². The summed E-state index contributed by atoms with van der Waals surface area (Å²) in [5.41, 5.74) is 1.50. The van der Waals surface area contributed by atoms with E-state index in [-0.39, 0.29) is 12.5 Å². The van der Waals surface area contributed by atoms with Crippen molar-refractivity contribution in [3.05, 3.63) is 29.6 Å². The largest absolute Gasteiger partial charge is 0.389 e. The first-order valence-corrected chi connectivity index (χ1v) is 6.60. The molecule has 0 unspecified atom stereocenters. The zero-order valence-corrected chi connectivity index (χ0v) is 12.6. The number of carbonyl (C=O) groups is 1. The number of rotatable bonds is 3. The molecule has 0 radical (unpaired) electrons. The standard InChI is InChI=1S/C15H21N3O2/c1-10-16-12-8-11(6-7-13(12)18(10)5)14(19)17(4)9-15(2,3)20/h6-8,20H,9H2,1-5H3. The number of carbonyl (C=O) groups excluding carboxylic acids is 1. The highest BCUT2D eigenvalue weighted by Crippen LogP contribution is 2.18. The monoisotopic (exact) mass is 275 g/mol. The van der Waals surface area contributed by atoms with Crippen LogP contribution in [0.15, 0.2) is 18.2 Å². The van der Waals surface area contributed by atoms with Crippen LogP contribution in [-0.2, 0) is 7.05 Å². The van der Waals surface area contributed by atoms with Crippen LogP contribution >= 0.6 is 0 Å². The predicted molar refractivity (Wildman–Crippen MR) is 78.7 cm³/mol. The van der Waals surface area contributed by atoms with E-state index in [1.54, 1.807) is 33.0 Å². The Morgan fingerprint density at radius 3 is 2.70 bits per heavy atom. The highest BCUT2D eigenvalue weighted by molar-refractivity contribution is 5.97. The van der Waals surface area contributed by atoms with Crippen molar-refractivity contribution in [3.63, 3.8) is 0 Å². The van der Waals surface area contributed by atoms with Crippen LogP contribution in [0, 0.1) is 6.92 Å². The molecule has 0 aliphatic carbocycles. The van der Waals surface area contributed by atoms with Crippen molar-refractivity contribution in [1.82, 2.24) is 14.5 Å². The van der Waals surface area contributed by atoms with Crippen molar-refractivity contribution in [2.24, 2.45) is 7.05 Å². The number of imidazole rings is 1. The Bertz CT molecular complexity index is 653. The van der Waals surface area contributed by atoms with Crippen LogP contribution in [0.25, 0.3) is 11.0 Å². The topological polar surface area (TPSA) is 58.4 Å². The van der Waals surface area contributed by atoms with Gasteiger partial charge in [-0.3, -0.25) is 4.79 Å². The van der Waals surface area contributed by atoms with E-state index in [0.29, 0.717) is 5.56 Å². The van der Waals surface area contributed by atoms with Crippen LogP contribution in [0.1, 0.15) is 30.0 Å². The van der Waals surface area contributed by atoms with Crippen LogP contribution in [0.3, 0.4) is 0 Å². The molecule has 0 aliphatic rings. The summed E-state index contributed by atoms with van der Waals surface area (Å²) in [6, 6.07) is 5.50. The Morgan fingerprint density at radius 2 is 2.10 bits per heavy atom. The average Bonchev–Trinajstić information content (AvgIpc) is 2.61. The van der Waals surface area contributed by atoms with Gasteiger partial charge in [-0.1, -0.05) is 0 Å². The van der Waals surface area contributed by atoms with Crippen LogP contribution in [0.4, 0.5) is 0 Å². The zero-order valence-electron chi connectivity index (χ0n) is 12.6. The van der Waals surface area contributed by atoms with E-state index < -0.39 is 5.60 Å². The van der Waals surface area contributed by atoms with Crippen LogP contribution in [0.5, 0.6) is 0 Å². The van der Waals surface area contributed by atoms with Crippen LogP contribution in [0.2, 0.25) is 0 Å². The van der Waals surface area contributed by atoms with Crippen molar-refractivity contribution in [1.29, 1.82) is 0 Å². The Kier molecular flexibility index (Phi) is 3.56. The van der Waals surface area contributed by atoms with Gasteiger partial charge in [-0.25, -0.2) is 4.98 Å². The quantitative estimate of drug-likeness (QED) is 0.928. The lowest BCUT2D eigenvalue weighted by atomic mass is 10.1. The van der Waals surface area contributed by atoms with Gasteiger partial charge in [-0.15, -0.1) is 0 Å². The number of hydrogen-bond donors (Lipinski definition) is 1. The van der Waals surface area contributed by atoms with Gasteiger partial charge in [-0.2, -0.15) is 0 Å². The van der Waals surface area contributed by atoms with Crippen molar-refractivity contribution in [2.45, 2.75) is 26.4 Å². The molecule has 5 heteroatoms. The van der Waals surface area contributed by atoms with Gasteiger partial charge in [0.1, 0.15) is 5.82 Å². The number of aliphatic hydroxyl groups is 1. The molecule has 1 aromatic heterocycles. The molecule has 0 bridgehead atoms. The number of likely N-dealkylation sites (N-methyl/N-ethyl adjacent to an activating group) is 1. The van der Waals surface area contributed by atoms with Gasteiger partial charge in [0.2, 0.25) is 0 Å². The third-order valence-electron chi connectivity index (χ3n) is 3.32. The Balaban J connectivity index is 2.31. The molecule has 108 valence electrons. The number of benzene rings is 1. The van der Waals surface area contributed by atoms with Gasteiger partial charge in [0, 0.05) is 26.2 Å². The molecule has 0 fully saturated rings. The second kappa shape index (κ2) is 4.90. The summed E-state index contributed by atoms with van der Waals surface area (Å²) in [5, 5.41) is 9.79. The number of aryl methyl sites for hydroxylation is 2. The molecule has 2 aromatic rings. The summed E-state index contributed by atoms with van der Waals surface area (Å²) in [7, 11) is 3.64. The Hall–Kier alpha value is -1.88.